The number of nitrogens with zero attached hydrogens (tertiary/aromatic N) is 2. The molecule has 1 aliphatic rings. The Labute approximate surface area is 184 Å². The summed E-state index contributed by atoms with van der Waals surface area (Å²) in [6.45, 7) is 1.31. The number of hydrogen-bond acceptors (Lipinski definition) is 7. The van der Waals surface area contributed by atoms with Crippen molar-refractivity contribution in [3.8, 4) is 0 Å². The minimum atomic E-state index is -3.85. The lowest BCUT2D eigenvalue weighted by atomic mass is 10.1. The lowest BCUT2D eigenvalue weighted by Gasteiger charge is -2.40. The molecule has 1 aliphatic heterocycles. The Morgan fingerprint density at radius 2 is 1.84 bits per heavy atom. The summed E-state index contributed by atoms with van der Waals surface area (Å²) < 4.78 is 31.9. The molecule has 9 nitrogen and oxygen atoms in total. The van der Waals surface area contributed by atoms with Gasteiger partial charge in [0.15, 0.2) is 0 Å². The van der Waals surface area contributed by atoms with E-state index < -0.39 is 34.0 Å². The second-order valence-electron chi connectivity index (χ2n) is 6.92. The summed E-state index contributed by atoms with van der Waals surface area (Å²) in [7, 11) is -2.65. The maximum absolute atomic E-state index is 13.1. The van der Waals surface area contributed by atoms with Crippen LogP contribution in [0.2, 0.25) is 0 Å². The number of hydrogen-bond donors (Lipinski definition) is 1. The van der Waals surface area contributed by atoms with E-state index in [1.54, 1.807) is 35.7 Å². The molecule has 0 bridgehead atoms. The fourth-order valence-electron chi connectivity index (χ4n) is 3.27. The quantitative estimate of drug-likeness (QED) is 0.636. The highest BCUT2D eigenvalue weighted by atomic mass is 32.2. The second-order valence-corrected chi connectivity index (χ2v) is 9.81. The third kappa shape index (κ3) is 4.94. The Hall–Kier alpha value is -2.76. The van der Waals surface area contributed by atoms with Gasteiger partial charge in [-0.25, -0.2) is 13.2 Å². The summed E-state index contributed by atoms with van der Waals surface area (Å²) in [5.41, 5.74) is 0. The molecule has 0 unspecified atom stereocenters. The zero-order valence-electron chi connectivity index (χ0n) is 17.1. The summed E-state index contributed by atoms with van der Waals surface area (Å²) in [6.07, 6.45) is 0. The lowest BCUT2D eigenvalue weighted by Crippen LogP contribution is -2.62. The first kappa shape index (κ1) is 22.9. The molecule has 1 saturated heterocycles. The fourth-order valence-corrected chi connectivity index (χ4v) is 5.41. The maximum atomic E-state index is 13.1. The van der Waals surface area contributed by atoms with Gasteiger partial charge < -0.3 is 15.0 Å². The average molecular weight is 466 g/mol. The Bertz CT molecular complexity index is 1040. The van der Waals surface area contributed by atoms with Crippen molar-refractivity contribution in [1.29, 1.82) is 0 Å². The van der Waals surface area contributed by atoms with Crippen LogP contribution in [0.25, 0.3) is 0 Å². The molecule has 0 aliphatic carbocycles. The van der Waals surface area contributed by atoms with Crippen LogP contribution in [0.1, 0.15) is 16.6 Å². The van der Waals surface area contributed by atoms with Crippen LogP contribution in [0.5, 0.6) is 0 Å². The number of carbonyl (C=O) groups excluding carboxylic acids is 3. The molecular formula is C20H23N3O6S2. The minimum absolute atomic E-state index is 0.0352. The molecule has 1 aromatic heterocycles. The van der Waals surface area contributed by atoms with E-state index >= 15 is 0 Å². The molecule has 2 heterocycles. The van der Waals surface area contributed by atoms with E-state index in [-0.39, 0.29) is 30.4 Å². The van der Waals surface area contributed by atoms with Crippen LogP contribution in [-0.2, 0) is 24.3 Å². The normalized spacial score (nSPS) is 18.3. The van der Waals surface area contributed by atoms with Gasteiger partial charge in [-0.15, -0.1) is 11.3 Å². The van der Waals surface area contributed by atoms with Crippen LogP contribution < -0.4 is 5.32 Å². The zero-order valence-corrected chi connectivity index (χ0v) is 18.7. The van der Waals surface area contributed by atoms with Crippen molar-refractivity contribution < 1.29 is 27.5 Å². The van der Waals surface area contributed by atoms with E-state index in [2.05, 4.69) is 10.1 Å². The number of methoxy groups -OCH3 is 1. The van der Waals surface area contributed by atoms with Gasteiger partial charge in [-0.3, -0.25) is 9.59 Å². The van der Waals surface area contributed by atoms with Crippen molar-refractivity contribution in [2.45, 2.75) is 23.9 Å². The highest BCUT2D eigenvalue weighted by Gasteiger charge is 2.41. The molecule has 0 radical (unpaired) electrons. The molecule has 3 rings (SSSR count). The summed E-state index contributed by atoms with van der Waals surface area (Å²) >= 11 is 1.24. The van der Waals surface area contributed by atoms with E-state index in [1.807, 2.05) is 0 Å². The summed E-state index contributed by atoms with van der Waals surface area (Å²) in [5.74, 6) is -1.64. The third-order valence-electron chi connectivity index (χ3n) is 4.93. The number of thiophene rings is 1. The average Bonchev–Trinajstić information content (AvgIpc) is 3.33. The molecule has 2 aromatic rings. The minimum Gasteiger partial charge on any atom is -0.467 e. The number of ether oxygens (including phenoxy) is 1. The molecule has 0 spiro atoms. The highest BCUT2D eigenvalue weighted by molar-refractivity contribution is 7.89. The van der Waals surface area contributed by atoms with Gasteiger partial charge in [0, 0.05) is 19.6 Å². The third-order valence-corrected chi connectivity index (χ3v) is 7.67. The monoisotopic (exact) mass is 465 g/mol. The Morgan fingerprint density at radius 1 is 1.13 bits per heavy atom. The maximum Gasteiger partial charge on any atom is 0.328 e. The first-order chi connectivity index (χ1) is 14.8. The summed E-state index contributed by atoms with van der Waals surface area (Å²) in [4.78, 5) is 39.6. The van der Waals surface area contributed by atoms with Crippen molar-refractivity contribution >= 4 is 39.1 Å². The van der Waals surface area contributed by atoms with Crippen LogP contribution in [0, 0.1) is 0 Å². The first-order valence-corrected chi connectivity index (χ1v) is 11.9. The Kier molecular flexibility index (Phi) is 7.08. The summed E-state index contributed by atoms with van der Waals surface area (Å²) in [5, 5.41) is 4.26. The van der Waals surface area contributed by atoms with Crippen LogP contribution in [0.4, 0.5) is 0 Å². The lowest BCUT2D eigenvalue weighted by molar-refractivity contribution is -0.145. The molecule has 166 valence electrons. The van der Waals surface area contributed by atoms with Crippen molar-refractivity contribution in [3.63, 3.8) is 0 Å². The van der Waals surface area contributed by atoms with E-state index in [0.717, 1.165) is 0 Å². The SMILES string of the molecule is COC(=O)[C@@H](C)NC(=O)[C@H]1CN(S(=O)(=O)c2ccccc2)CCN1C(=O)c1cccs1. The number of rotatable bonds is 6. The largest absolute Gasteiger partial charge is 0.467 e. The Balaban J connectivity index is 1.88. The first-order valence-electron chi connectivity index (χ1n) is 9.53. The van der Waals surface area contributed by atoms with E-state index in [9.17, 15) is 22.8 Å². The highest BCUT2D eigenvalue weighted by Crippen LogP contribution is 2.23. The van der Waals surface area contributed by atoms with Gasteiger partial charge in [-0.2, -0.15) is 4.31 Å². The van der Waals surface area contributed by atoms with Crippen molar-refractivity contribution in [3.05, 3.63) is 52.7 Å². The number of amides is 2. The van der Waals surface area contributed by atoms with Gasteiger partial charge in [-0.1, -0.05) is 24.3 Å². The number of nitrogens with one attached hydrogen (secondary N) is 1. The van der Waals surface area contributed by atoms with Gasteiger partial charge in [0.1, 0.15) is 12.1 Å². The smallest absolute Gasteiger partial charge is 0.328 e. The van der Waals surface area contributed by atoms with Crippen molar-refractivity contribution in [2.24, 2.45) is 0 Å². The molecule has 1 fully saturated rings. The molecule has 1 N–H and O–H groups in total. The number of benzene rings is 1. The van der Waals surface area contributed by atoms with Gasteiger partial charge in [0.2, 0.25) is 15.9 Å². The second kappa shape index (κ2) is 9.58. The number of piperazine rings is 1. The standard InChI is InChI=1S/C20H23N3O6S2/c1-14(20(26)29-2)21-18(24)16-13-22(31(27,28)15-7-4-3-5-8-15)10-11-23(16)19(25)17-9-6-12-30-17/h3-9,12,14,16H,10-11,13H2,1-2H3,(H,21,24)/t14-,16-/m1/s1. The molecule has 31 heavy (non-hydrogen) atoms. The topological polar surface area (TPSA) is 113 Å². The van der Waals surface area contributed by atoms with Gasteiger partial charge in [0.25, 0.3) is 5.91 Å². The van der Waals surface area contributed by atoms with Gasteiger partial charge in [-0.05, 0) is 30.5 Å². The van der Waals surface area contributed by atoms with Crippen molar-refractivity contribution in [1.82, 2.24) is 14.5 Å². The van der Waals surface area contributed by atoms with Gasteiger partial charge in [0.05, 0.1) is 16.9 Å². The van der Waals surface area contributed by atoms with Crippen LogP contribution in [0.3, 0.4) is 0 Å². The molecule has 1 aromatic carbocycles. The van der Waals surface area contributed by atoms with E-state index in [4.69, 9.17) is 0 Å². The van der Waals surface area contributed by atoms with Gasteiger partial charge >= 0.3 is 5.97 Å². The fraction of sp³-hybridized carbons (Fsp3) is 0.350. The number of sulfonamides is 1. The predicted octanol–water partition coefficient (Wildman–Crippen LogP) is 0.941. The summed E-state index contributed by atoms with van der Waals surface area (Å²) in [6, 6.07) is 9.22. The van der Waals surface area contributed by atoms with Crippen LogP contribution >= 0.6 is 11.3 Å². The molecule has 2 amide bonds. The van der Waals surface area contributed by atoms with E-state index in [0.29, 0.717) is 4.88 Å². The number of esters is 1. The molecule has 11 heteroatoms. The van der Waals surface area contributed by atoms with E-state index in [1.165, 1.54) is 46.7 Å². The van der Waals surface area contributed by atoms with Crippen LogP contribution in [0.15, 0.2) is 52.7 Å². The molecule has 2 atom stereocenters. The zero-order chi connectivity index (χ0) is 22.6. The molecular weight excluding hydrogens is 442 g/mol. The molecule has 0 saturated carbocycles. The number of carbonyl (C=O) groups is 3. The van der Waals surface area contributed by atoms with Crippen LogP contribution in [-0.4, -0.2) is 74.2 Å². The Morgan fingerprint density at radius 3 is 2.45 bits per heavy atom. The predicted molar refractivity (Wildman–Crippen MR) is 114 cm³/mol. The van der Waals surface area contributed by atoms with Crippen molar-refractivity contribution in [2.75, 3.05) is 26.7 Å².